The van der Waals surface area contributed by atoms with Crippen molar-refractivity contribution < 1.29 is 24.7 Å². The molecule has 4 rings (SSSR count). The maximum atomic E-state index is 12.3. The highest BCUT2D eigenvalue weighted by Gasteiger charge is 2.18. The van der Waals surface area contributed by atoms with Gasteiger partial charge in [0.05, 0.1) is 40.6 Å². The number of nitro groups is 1. The molecule has 0 aliphatic carbocycles. The molecule has 0 radical (unpaired) electrons. The van der Waals surface area contributed by atoms with Crippen LogP contribution in [0.1, 0.15) is 38.8 Å². The Morgan fingerprint density at radius 2 is 1.17 bits per heavy atom. The summed E-state index contributed by atoms with van der Waals surface area (Å²) < 4.78 is 3.26. The van der Waals surface area contributed by atoms with Gasteiger partial charge in [-0.05, 0) is 153 Å². The molecule has 0 unspecified atom stereocenters. The number of aryl methyl sites for hydroxylation is 2. The van der Waals surface area contributed by atoms with E-state index in [1.54, 1.807) is 0 Å². The van der Waals surface area contributed by atoms with E-state index < -0.39 is 10.8 Å². The number of benzene rings is 4. The Balaban J connectivity index is 0.000000257. The first kappa shape index (κ1) is 38.4. The summed E-state index contributed by atoms with van der Waals surface area (Å²) in [5.41, 5.74) is 5.78. The quantitative estimate of drug-likeness (QED) is 0.0508. The molecule has 2 amide bonds. The number of nitrogens with one attached hydrogen (secondary N) is 4. The minimum atomic E-state index is -0.547. The van der Waals surface area contributed by atoms with Crippen molar-refractivity contribution in [2.45, 2.75) is 20.3 Å². The normalized spacial score (nSPS) is 10.4. The van der Waals surface area contributed by atoms with Crippen molar-refractivity contribution in [2.75, 3.05) is 36.9 Å². The van der Waals surface area contributed by atoms with Crippen molar-refractivity contribution in [2.24, 2.45) is 0 Å². The van der Waals surface area contributed by atoms with Crippen molar-refractivity contribution in [1.29, 1.82) is 0 Å². The second-order valence-corrected chi connectivity index (χ2v) is 13.7. The number of non-ortho nitro benzene ring substituents is 1. The van der Waals surface area contributed by atoms with Crippen LogP contribution in [0.3, 0.4) is 0 Å². The van der Waals surface area contributed by atoms with Crippen molar-refractivity contribution in [1.82, 2.24) is 10.6 Å². The van der Waals surface area contributed by atoms with Crippen LogP contribution < -0.4 is 21.3 Å². The number of carbonyl (C=O) groups is 2. The molecule has 248 valence electrons. The molecule has 0 aliphatic rings. The number of aliphatic hydroxyl groups is 2. The number of halogens is 3. The van der Waals surface area contributed by atoms with Crippen molar-refractivity contribution in [3.8, 4) is 0 Å². The number of aliphatic hydroxyl groups excluding tert-OH is 2. The first-order valence-corrected chi connectivity index (χ1v) is 17.7. The molecule has 0 bridgehead atoms. The molecule has 11 nitrogen and oxygen atoms in total. The summed E-state index contributed by atoms with van der Waals surface area (Å²) in [5.74, 6) is -0.679. The molecule has 6 N–H and O–H groups in total. The highest BCUT2D eigenvalue weighted by Crippen LogP contribution is 2.29. The molecule has 0 saturated carbocycles. The minimum Gasteiger partial charge on any atom is -0.395 e. The zero-order valence-electron chi connectivity index (χ0n) is 25.6. The van der Waals surface area contributed by atoms with Crippen LogP contribution in [-0.2, 0) is 6.42 Å². The van der Waals surface area contributed by atoms with E-state index in [4.69, 9.17) is 10.2 Å². The van der Waals surface area contributed by atoms with E-state index in [2.05, 4.69) is 95.1 Å². The Labute approximate surface area is 313 Å². The molecule has 47 heavy (non-hydrogen) atoms. The Morgan fingerprint density at radius 3 is 1.70 bits per heavy atom. The van der Waals surface area contributed by atoms with E-state index in [-0.39, 0.29) is 43.5 Å². The van der Waals surface area contributed by atoms with Crippen molar-refractivity contribution in [3.63, 3.8) is 0 Å². The van der Waals surface area contributed by atoms with Crippen LogP contribution in [0.5, 0.6) is 0 Å². The van der Waals surface area contributed by atoms with E-state index in [0.717, 1.165) is 41.8 Å². The van der Waals surface area contributed by atoms with E-state index in [1.807, 2.05) is 62.4 Å². The van der Waals surface area contributed by atoms with E-state index >= 15 is 0 Å². The maximum Gasteiger partial charge on any atom is 0.270 e. The lowest BCUT2D eigenvalue weighted by atomic mass is 10.1. The smallest absolute Gasteiger partial charge is 0.270 e. The van der Waals surface area contributed by atoms with Gasteiger partial charge in [0.1, 0.15) is 0 Å². The van der Waals surface area contributed by atoms with Gasteiger partial charge in [0.15, 0.2) is 0 Å². The third kappa shape index (κ3) is 11.5. The lowest BCUT2D eigenvalue weighted by molar-refractivity contribution is -0.384. The molecular formula is C33H34I3N5O6. The SMILES string of the molecule is CCc1cc(I)ccc1Nc1ccc([N+](=O)[O-])cc1C(=O)NCCO.Cc1cc(I)ccc1Nc1ccc(I)cc1C(=O)NCCO. The van der Waals surface area contributed by atoms with Gasteiger partial charge >= 0.3 is 0 Å². The Morgan fingerprint density at radius 1 is 0.702 bits per heavy atom. The lowest BCUT2D eigenvalue weighted by Gasteiger charge is -2.15. The zero-order valence-corrected chi connectivity index (χ0v) is 32.0. The number of amides is 2. The number of rotatable bonds is 12. The molecule has 14 heteroatoms. The summed E-state index contributed by atoms with van der Waals surface area (Å²) in [7, 11) is 0. The van der Waals surface area contributed by atoms with Crippen LogP contribution in [0.15, 0.2) is 72.8 Å². The Bertz CT molecular complexity index is 1740. The summed E-state index contributed by atoms with van der Waals surface area (Å²) in [6, 6.07) is 21.8. The van der Waals surface area contributed by atoms with Crippen LogP contribution in [-0.4, -0.2) is 53.3 Å². The number of hydrogen-bond acceptors (Lipinski definition) is 8. The van der Waals surface area contributed by atoms with Gasteiger partial charge < -0.3 is 31.5 Å². The van der Waals surface area contributed by atoms with Gasteiger partial charge in [-0.1, -0.05) is 6.92 Å². The van der Waals surface area contributed by atoms with Gasteiger partial charge in [-0.3, -0.25) is 19.7 Å². The topological polar surface area (TPSA) is 166 Å². The molecule has 0 atom stereocenters. The fourth-order valence-corrected chi connectivity index (χ4v) is 6.01. The predicted octanol–water partition coefficient (Wildman–Crippen LogP) is 6.90. The Hall–Kier alpha value is -3.07. The number of nitrogens with zero attached hydrogens (tertiary/aromatic N) is 1. The standard InChI is InChI=1S/C17H18IN3O4.C16H16I2N2O2/c1-2-11-9-12(18)3-5-15(11)20-16-6-4-13(21(24)25)10-14(16)17(23)19-7-8-22;1-10-8-11(17)2-4-14(10)20-15-5-3-12(18)9-13(15)16(22)19-6-7-21/h3-6,9-10,20,22H,2,7-8H2,1H3,(H,19,23);2-5,8-9,20-21H,6-7H2,1H3,(H,19,22). The first-order valence-electron chi connectivity index (χ1n) is 14.4. The van der Waals surface area contributed by atoms with Crippen molar-refractivity contribution in [3.05, 3.63) is 116 Å². The second-order valence-electron chi connectivity index (χ2n) is 10.0. The van der Waals surface area contributed by atoms with Crippen LogP contribution in [0, 0.1) is 27.7 Å². The van der Waals surface area contributed by atoms with Gasteiger partial charge in [-0.25, -0.2) is 0 Å². The molecule has 0 heterocycles. The average Bonchev–Trinajstić information content (AvgIpc) is 3.05. The summed E-state index contributed by atoms with van der Waals surface area (Å²) in [6.45, 7) is 4.09. The molecular weight excluding hydrogens is 943 g/mol. The minimum absolute atomic E-state index is 0.0741. The number of anilines is 4. The average molecular weight is 977 g/mol. The van der Waals surface area contributed by atoms with E-state index in [0.29, 0.717) is 11.3 Å². The molecule has 0 fully saturated rings. The monoisotopic (exact) mass is 977 g/mol. The molecule has 4 aromatic rings. The summed E-state index contributed by atoms with van der Waals surface area (Å²) >= 11 is 6.68. The second kappa shape index (κ2) is 19.1. The van der Waals surface area contributed by atoms with Crippen molar-refractivity contribution >= 4 is 108 Å². The fourth-order valence-electron chi connectivity index (χ4n) is 4.32. The third-order valence-corrected chi connectivity index (χ3v) is 8.67. The van der Waals surface area contributed by atoms with Gasteiger partial charge in [0.2, 0.25) is 0 Å². The first-order chi connectivity index (χ1) is 22.5. The highest BCUT2D eigenvalue weighted by atomic mass is 127. The fraction of sp³-hybridized carbons (Fsp3) is 0.212. The van der Waals surface area contributed by atoms with Gasteiger partial charge in [-0.15, -0.1) is 0 Å². The number of carbonyl (C=O) groups excluding carboxylic acids is 2. The van der Waals surface area contributed by atoms with Gasteiger partial charge in [-0.2, -0.15) is 0 Å². The van der Waals surface area contributed by atoms with Crippen LogP contribution in [0.4, 0.5) is 28.4 Å². The number of hydrogen-bond donors (Lipinski definition) is 6. The van der Waals surface area contributed by atoms with Crippen LogP contribution >= 0.6 is 67.8 Å². The molecule has 0 spiro atoms. The van der Waals surface area contributed by atoms with Crippen LogP contribution in [0.25, 0.3) is 0 Å². The lowest BCUT2D eigenvalue weighted by Crippen LogP contribution is -2.27. The van der Waals surface area contributed by atoms with Gasteiger partial charge in [0.25, 0.3) is 17.5 Å². The molecule has 4 aromatic carbocycles. The largest absolute Gasteiger partial charge is 0.395 e. The molecule has 0 aromatic heterocycles. The van der Waals surface area contributed by atoms with E-state index in [1.165, 1.54) is 21.8 Å². The summed E-state index contributed by atoms with van der Waals surface area (Å²) in [5, 5.41) is 40.5. The highest BCUT2D eigenvalue weighted by molar-refractivity contribution is 14.1. The van der Waals surface area contributed by atoms with E-state index in [9.17, 15) is 19.7 Å². The summed E-state index contributed by atoms with van der Waals surface area (Å²) in [6.07, 6.45) is 0.804. The molecule has 0 aliphatic heterocycles. The van der Waals surface area contributed by atoms with Gasteiger partial charge in [0, 0.05) is 47.3 Å². The van der Waals surface area contributed by atoms with Crippen LogP contribution in [0.2, 0.25) is 0 Å². The zero-order chi connectivity index (χ0) is 34.5. The third-order valence-electron chi connectivity index (χ3n) is 6.65. The number of nitro benzene ring substituents is 1. The predicted molar refractivity (Wildman–Crippen MR) is 210 cm³/mol. The maximum absolute atomic E-state index is 12.3. The Kier molecular flexibility index (Phi) is 15.6. The molecule has 0 saturated heterocycles. The summed E-state index contributed by atoms with van der Waals surface area (Å²) in [4.78, 5) is 35.0.